The van der Waals surface area contributed by atoms with Crippen molar-refractivity contribution in [3.8, 4) is 0 Å². The third kappa shape index (κ3) is 2.28. The third-order valence-electron chi connectivity index (χ3n) is 3.53. The summed E-state index contributed by atoms with van der Waals surface area (Å²) in [5.74, 6) is 1.90. The van der Waals surface area contributed by atoms with E-state index in [4.69, 9.17) is 4.42 Å². The summed E-state index contributed by atoms with van der Waals surface area (Å²) in [4.78, 5) is 4.42. The Morgan fingerprint density at radius 2 is 2.35 bits per heavy atom. The van der Waals surface area contributed by atoms with Crippen LogP contribution in [0.25, 0.3) is 11.0 Å². The Morgan fingerprint density at radius 3 is 3.12 bits per heavy atom. The molecule has 2 aromatic heterocycles. The van der Waals surface area contributed by atoms with Gasteiger partial charge in [0.1, 0.15) is 11.4 Å². The van der Waals surface area contributed by atoms with Crippen LogP contribution in [0.3, 0.4) is 0 Å². The first-order valence-electron chi connectivity index (χ1n) is 6.45. The quantitative estimate of drug-likeness (QED) is 0.848. The van der Waals surface area contributed by atoms with Crippen LogP contribution in [0.1, 0.15) is 32.6 Å². The Bertz CT molecular complexity index is 502. The molecule has 1 atom stereocenters. The molecule has 90 valence electrons. The maximum absolute atomic E-state index is 5.39. The lowest BCUT2D eigenvalue weighted by molar-refractivity contribution is 0.585. The van der Waals surface area contributed by atoms with E-state index >= 15 is 0 Å². The van der Waals surface area contributed by atoms with Gasteiger partial charge in [0.25, 0.3) is 0 Å². The fourth-order valence-electron chi connectivity index (χ4n) is 2.29. The highest BCUT2D eigenvalue weighted by molar-refractivity contribution is 5.87. The molecule has 2 aromatic rings. The minimum atomic E-state index is 0.538. The van der Waals surface area contributed by atoms with Gasteiger partial charge >= 0.3 is 0 Å². The van der Waals surface area contributed by atoms with Crippen LogP contribution in [0.5, 0.6) is 0 Å². The molecule has 1 fully saturated rings. The number of nitrogens with zero attached hydrogens (tertiary/aromatic N) is 1. The zero-order chi connectivity index (χ0) is 11.7. The monoisotopic (exact) mass is 230 g/mol. The molecule has 0 amide bonds. The van der Waals surface area contributed by atoms with Crippen molar-refractivity contribution in [1.29, 1.82) is 0 Å². The van der Waals surface area contributed by atoms with Gasteiger partial charge < -0.3 is 9.73 Å². The highest BCUT2D eigenvalue weighted by Gasteiger charge is 2.25. The van der Waals surface area contributed by atoms with Gasteiger partial charge in [-0.1, -0.05) is 19.8 Å². The maximum Gasteiger partial charge on any atom is 0.139 e. The highest BCUT2D eigenvalue weighted by Crippen LogP contribution is 2.35. The zero-order valence-corrected chi connectivity index (χ0v) is 10.1. The van der Waals surface area contributed by atoms with E-state index in [1.54, 1.807) is 12.5 Å². The first kappa shape index (κ1) is 10.6. The van der Waals surface area contributed by atoms with Crippen molar-refractivity contribution in [1.82, 2.24) is 4.98 Å². The molecule has 1 N–H and O–H groups in total. The molecule has 0 radical (unpaired) electrons. The first-order chi connectivity index (χ1) is 8.36. The summed E-state index contributed by atoms with van der Waals surface area (Å²) in [5, 5.41) is 4.64. The minimum Gasteiger partial charge on any atom is -0.464 e. The van der Waals surface area contributed by atoms with Crippen molar-refractivity contribution >= 4 is 16.8 Å². The Labute approximate surface area is 101 Å². The Balaban J connectivity index is 1.79. The predicted molar refractivity (Wildman–Crippen MR) is 69.1 cm³/mol. The van der Waals surface area contributed by atoms with Crippen LogP contribution < -0.4 is 5.32 Å². The summed E-state index contributed by atoms with van der Waals surface area (Å²) in [6.07, 6.45) is 8.75. The third-order valence-corrected chi connectivity index (χ3v) is 3.53. The molecule has 1 unspecified atom stereocenters. The smallest absolute Gasteiger partial charge is 0.139 e. The number of hydrogen-bond acceptors (Lipinski definition) is 3. The van der Waals surface area contributed by atoms with Gasteiger partial charge in [-0.3, -0.25) is 0 Å². The summed E-state index contributed by atoms with van der Waals surface area (Å²) in [5.41, 5.74) is 0.906. The zero-order valence-electron chi connectivity index (χ0n) is 10.1. The van der Waals surface area contributed by atoms with Gasteiger partial charge in [0.15, 0.2) is 0 Å². The number of furan rings is 1. The fourth-order valence-corrected chi connectivity index (χ4v) is 2.29. The number of nitrogens with one attached hydrogen (secondary N) is 1. The van der Waals surface area contributed by atoms with Crippen LogP contribution in [-0.4, -0.2) is 11.0 Å². The lowest BCUT2D eigenvalue weighted by Gasteiger charge is -2.17. The second-order valence-electron chi connectivity index (χ2n) is 4.92. The number of pyridine rings is 1. The number of anilines is 1. The number of rotatable bonds is 5. The van der Waals surface area contributed by atoms with Crippen LogP contribution in [-0.2, 0) is 0 Å². The largest absolute Gasteiger partial charge is 0.464 e. The van der Waals surface area contributed by atoms with E-state index in [0.717, 1.165) is 29.1 Å². The predicted octanol–water partition coefficient (Wildman–Crippen LogP) is 3.82. The molecular formula is C14H18N2O. The van der Waals surface area contributed by atoms with Crippen LogP contribution in [0.4, 0.5) is 5.82 Å². The van der Waals surface area contributed by atoms with Crippen LogP contribution in [0, 0.1) is 5.92 Å². The van der Waals surface area contributed by atoms with Crippen LogP contribution >= 0.6 is 0 Å². The molecule has 1 saturated carbocycles. The van der Waals surface area contributed by atoms with Gasteiger partial charge in [0.2, 0.25) is 0 Å². The lowest BCUT2D eigenvalue weighted by Crippen LogP contribution is -2.19. The first-order valence-corrected chi connectivity index (χ1v) is 6.45. The van der Waals surface area contributed by atoms with E-state index < -0.39 is 0 Å². The Morgan fingerprint density at radius 1 is 1.47 bits per heavy atom. The number of hydrogen-bond donors (Lipinski definition) is 1. The topological polar surface area (TPSA) is 38.1 Å². The molecule has 0 saturated heterocycles. The maximum atomic E-state index is 5.39. The molecule has 3 rings (SSSR count). The van der Waals surface area contributed by atoms with Gasteiger partial charge in [-0.15, -0.1) is 0 Å². The van der Waals surface area contributed by atoms with Crippen LogP contribution in [0.15, 0.2) is 29.0 Å². The molecule has 1 aliphatic rings. The van der Waals surface area contributed by atoms with Crippen molar-refractivity contribution in [2.45, 2.75) is 38.6 Å². The lowest BCUT2D eigenvalue weighted by atomic mass is 10.1. The van der Waals surface area contributed by atoms with Gasteiger partial charge in [-0.05, 0) is 30.9 Å². The average molecular weight is 230 g/mol. The van der Waals surface area contributed by atoms with E-state index in [9.17, 15) is 0 Å². The summed E-state index contributed by atoms with van der Waals surface area (Å²) in [6, 6.07) is 4.42. The van der Waals surface area contributed by atoms with Crippen molar-refractivity contribution in [2.75, 3.05) is 5.32 Å². The SMILES string of the molecule is CCC(CC1CC1)Nc1nccc2occc12. The van der Waals surface area contributed by atoms with E-state index in [1.807, 2.05) is 12.1 Å². The van der Waals surface area contributed by atoms with Gasteiger partial charge in [0, 0.05) is 12.2 Å². The summed E-state index contributed by atoms with van der Waals surface area (Å²) < 4.78 is 5.39. The van der Waals surface area contributed by atoms with Gasteiger partial charge in [0.05, 0.1) is 11.6 Å². The van der Waals surface area contributed by atoms with E-state index in [0.29, 0.717) is 6.04 Å². The van der Waals surface area contributed by atoms with Crippen molar-refractivity contribution in [3.63, 3.8) is 0 Å². The standard InChI is InChI=1S/C14H18N2O/c1-2-11(9-10-3-4-10)16-14-12-6-8-17-13(12)5-7-15-14/h5-8,10-11H,2-4,9H2,1H3,(H,15,16). The molecule has 1 aliphatic carbocycles. The second kappa shape index (κ2) is 4.40. The van der Waals surface area contributed by atoms with E-state index in [1.165, 1.54) is 19.3 Å². The molecular weight excluding hydrogens is 212 g/mol. The van der Waals surface area contributed by atoms with Crippen LogP contribution in [0.2, 0.25) is 0 Å². The number of aromatic nitrogens is 1. The molecule has 3 heteroatoms. The van der Waals surface area contributed by atoms with Gasteiger partial charge in [-0.25, -0.2) is 4.98 Å². The molecule has 0 aromatic carbocycles. The molecule has 2 heterocycles. The van der Waals surface area contributed by atoms with E-state index in [-0.39, 0.29) is 0 Å². The summed E-state index contributed by atoms with van der Waals surface area (Å²) >= 11 is 0. The molecule has 17 heavy (non-hydrogen) atoms. The van der Waals surface area contributed by atoms with Gasteiger partial charge in [-0.2, -0.15) is 0 Å². The molecule has 0 aliphatic heterocycles. The normalized spacial score (nSPS) is 17.2. The minimum absolute atomic E-state index is 0.538. The Hall–Kier alpha value is -1.51. The summed E-state index contributed by atoms with van der Waals surface area (Å²) in [7, 11) is 0. The highest BCUT2D eigenvalue weighted by atomic mass is 16.3. The average Bonchev–Trinajstić information content (AvgIpc) is 3.03. The number of fused-ring (bicyclic) bond motifs is 1. The second-order valence-corrected chi connectivity index (χ2v) is 4.92. The molecule has 0 spiro atoms. The van der Waals surface area contributed by atoms with E-state index in [2.05, 4.69) is 17.2 Å². The fraction of sp³-hybridized carbons (Fsp3) is 0.500. The molecule has 3 nitrogen and oxygen atoms in total. The Kier molecular flexibility index (Phi) is 2.75. The molecule has 0 bridgehead atoms. The van der Waals surface area contributed by atoms with Crippen molar-refractivity contribution in [2.24, 2.45) is 5.92 Å². The summed E-state index contributed by atoms with van der Waals surface area (Å²) in [6.45, 7) is 2.23. The van der Waals surface area contributed by atoms with Crippen molar-refractivity contribution < 1.29 is 4.42 Å². The van der Waals surface area contributed by atoms with Crippen molar-refractivity contribution in [3.05, 3.63) is 24.6 Å².